The molecule has 1 aromatic rings. The van der Waals surface area contributed by atoms with Crippen LogP contribution in [-0.4, -0.2) is 0 Å². The van der Waals surface area contributed by atoms with Crippen LogP contribution in [0.4, 0.5) is 0 Å². The standard InChI is InChI=1S/C19H14N2/c1-15-8-10-17(11-9-15)19(18(13-20)14-21)12-16-6-4-2-3-5-7-16/h2-12H,1H3. The average molecular weight is 270 g/mol. The number of nitriles is 2. The third kappa shape index (κ3) is 3.69. The summed E-state index contributed by atoms with van der Waals surface area (Å²) in [5.41, 5.74) is 3.71. The van der Waals surface area contributed by atoms with Gasteiger partial charge in [-0.15, -0.1) is 0 Å². The van der Waals surface area contributed by atoms with Gasteiger partial charge in [-0.1, -0.05) is 66.3 Å². The Kier molecular flexibility index (Phi) is 4.70. The quantitative estimate of drug-likeness (QED) is 0.747. The number of aryl methyl sites for hydroxylation is 1. The van der Waals surface area contributed by atoms with Gasteiger partial charge in [0, 0.05) is 5.57 Å². The SMILES string of the molecule is Cc1ccc(C(C=C2C=CC=CC=C2)=C(C#N)C#N)cc1. The lowest BCUT2D eigenvalue weighted by Crippen LogP contribution is -1.88. The number of hydrogen-bond acceptors (Lipinski definition) is 2. The van der Waals surface area contributed by atoms with Crippen LogP contribution in [0.3, 0.4) is 0 Å². The van der Waals surface area contributed by atoms with Crippen LogP contribution in [0.25, 0.3) is 5.57 Å². The summed E-state index contributed by atoms with van der Waals surface area (Å²) in [6.07, 6.45) is 13.5. The van der Waals surface area contributed by atoms with Crippen molar-refractivity contribution in [2.75, 3.05) is 0 Å². The molecule has 0 fully saturated rings. The molecule has 0 heterocycles. The molecule has 1 aliphatic rings. The van der Waals surface area contributed by atoms with Gasteiger partial charge in [0.1, 0.15) is 17.7 Å². The molecule has 100 valence electrons. The zero-order valence-corrected chi connectivity index (χ0v) is 11.7. The summed E-state index contributed by atoms with van der Waals surface area (Å²) in [7, 11) is 0. The van der Waals surface area contributed by atoms with Crippen molar-refractivity contribution in [2.45, 2.75) is 6.92 Å². The van der Waals surface area contributed by atoms with Gasteiger partial charge in [-0.3, -0.25) is 0 Å². The average Bonchev–Trinajstić information content (AvgIpc) is 2.77. The van der Waals surface area contributed by atoms with Crippen molar-refractivity contribution in [3.05, 3.63) is 89.1 Å². The topological polar surface area (TPSA) is 47.6 Å². The van der Waals surface area contributed by atoms with Crippen LogP contribution in [0.1, 0.15) is 11.1 Å². The molecule has 0 radical (unpaired) electrons. The molecule has 0 atom stereocenters. The molecule has 0 saturated heterocycles. The second kappa shape index (κ2) is 6.89. The minimum absolute atomic E-state index is 0.116. The Morgan fingerprint density at radius 3 is 2.00 bits per heavy atom. The lowest BCUT2D eigenvalue weighted by Gasteiger charge is -2.05. The summed E-state index contributed by atoms with van der Waals surface area (Å²) in [6.45, 7) is 2.00. The van der Waals surface area contributed by atoms with Crippen molar-refractivity contribution in [1.29, 1.82) is 10.5 Å². The van der Waals surface area contributed by atoms with Crippen LogP contribution in [0.15, 0.2) is 77.9 Å². The third-order valence-corrected chi connectivity index (χ3v) is 3.08. The van der Waals surface area contributed by atoms with E-state index in [0.717, 1.165) is 16.7 Å². The van der Waals surface area contributed by atoms with Crippen LogP contribution in [0, 0.1) is 29.6 Å². The number of benzene rings is 1. The fraction of sp³-hybridized carbons (Fsp3) is 0.0526. The molecule has 0 unspecified atom stereocenters. The summed E-state index contributed by atoms with van der Waals surface area (Å²) < 4.78 is 0. The molecule has 0 spiro atoms. The van der Waals surface area contributed by atoms with E-state index in [1.165, 1.54) is 0 Å². The predicted octanol–water partition coefficient (Wildman–Crippen LogP) is 4.40. The minimum atomic E-state index is 0.116. The molecular formula is C19H14N2. The fourth-order valence-corrected chi connectivity index (χ4v) is 1.96. The highest BCUT2D eigenvalue weighted by Crippen LogP contribution is 2.23. The van der Waals surface area contributed by atoms with Crippen LogP contribution >= 0.6 is 0 Å². The summed E-state index contributed by atoms with van der Waals surface area (Å²) in [5, 5.41) is 18.4. The Morgan fingerprint density at radius 1 is 0.905 bits per heavy atom. The Morgan fingerprint density at radius 2 is 1.48 bits per heavy atom. The van der Waals surface area contributed by atoms with Gasteiger partial charge in [0.05, 0.1) is 0 Å². The van der Waals surface area contributed by atoms with Crippen molar-refractivity contribution < 1.29 is 0 Å². The normalized spacial score (nSPS) is 12.2. The first-order valence-corrected chi connectivity index (χ1v) is 6.59. The summed E-state index contributed by atoms with van der Waals surface area (Å²) in [4.78, 5) is 0. The molecule has 0 N–H and O–H groups in total. The first-order chi connectivity index (χ1) is 10.2. The molecular weight excluding hydrogens is 256 g/mol. The van der Waals surface area contributed by atoms with E-state index in [0.29, 0.717) is 5.57 Å². The van der Waals surface area contributed by atoms with Gasteiger partial charge < -0.3 is 0 Å². The number of nitrogens with zero attached hydrogens (tertiary/aromatic N) is 2. The molecule has 0 bridgehead atoms. The molecule has 0 aromatic heterocycles. The van der Waals surface area contributed by atoms with E-state index in [9.17, 15) is 10.5 Å². The van der Waals surface area contributed by atoms with E-state index in [2.05, 4.69) is 0 Å². The minimum Gasteiger partial charge on any atom is -0.192 e. The smallest absolute Gasteiger partial charge is 0.137 e. The van der Waals surface area contributed by atoms with Crippen molar-refractivity contribution in [3.8, 4) is 12.1 Å². The predicted molar refractivity (Wildman–Crippen MR) is 84.8 cm³/mol. The van der Waals surface area contributed by atoms with Crippen molar-refractivity contribution >= 4 is 5.57 Å². The van der Waals surface area contributed by atoms with E-state index < -0.39 is 0 Å². The fourth-order valence-electron chi connectivity index (χ4n) is 1.96. The number of allylic oxidation sites excluding steroid dienone is 10. The molecule has 2 nitrogen and oxygen atoms in total. The molecule has 0 saturated carbocycles. The Bertz CT molecular complexity index is 721. The maximum atomic E-state index is 9.19. The van der Waals surface area contributed by atoms with E-state index in [4.69, 9.17) is 0 Å². The lowest BCUT2D eigenvalue weighted by molar-refractivity contribution is 1.43. The van der Waals surface area contributed by atoms with E-state index in [1.54, 1.807) is 0 Å². The van der Waals surface area contributed by atoms with Crippen molar-refractivity contribution in [3.63, 3.8) is 0 Å². The maximum absolute atomic E-state index is 9.19. The van der Waals surface area contributed by atoms with E-state index in [1.807, 2.05) is 85.9 Å². The van der Waals surface area contributed by atoms with Gasteiger partial charge in [0.25, 0.3) is 0 Å². The molecule has 2 heteroatoms. The first kappa shape index (κ1) is 14.3. The molecule has 21 heavy (non-hydrogen) atoms. The van der Waals surface area contributed by atoms with Crippen molar-refractivity contribution in [2.24, 2.45) is 0 Å². The van der Waals surface area contributed by atoms with Crippen LogP contribution < -0.4 is 0 Å². The summed E-state index contributed by atoms with van der Waals surface area (Å²) in [6, 6.07) is 11.8. The molecule has 0 amide bonds. The number of rotatable bonds is 2. The molecule has 1 aromatic carbocycles. The second-order valence-corrected chi connectivity index (χ2v) is 4.63. The number of hydrogen-bond donors (Lipinski definition) is 0. The van der Waals surface area contributed by atoms with Crippen LogP contribution in [0.5, 0.6) is 0 Å². The van der Waals surface area contributed by atoms with Crippen LogP contribution in [-0.2, 0) is 0 Å². The highest BCUT2D eigenvalue weighted by atomic mass is 14.3. The highest BCUT2D eigenvalue weighted by Gasteiger charge is 2.07. The van der Waals surface area contributed by atoms with Gasteiger partial charge in [-0.2, -0.15) is 10.5 Å². The molecule has 1 aliphatic carbocycles. The first-order valence-electron chi connectivity index (χ1n) is 6.59. The monoisotopic (exact) mass is 270 g/mol. The van der Waals surface area contributed by atoms with E-state index in [-0.39, 0.29) is 5.57 Å². The van der Waals surface area contributed by atoms with Crippen molar-refractivity contribution in [1.82, 2.24) is 0 Å². The lowest BCUT2D eigenvalue weighted by atomic mass is 9.97. The van der Waals surface area contributed by atoms with Gasteiger partial charge in [-0.05, 0) is 24.1 Å². The van der Waals surface area contributed by atoms with Gasteiger partial charge >= 0.3 is 0 Å². The summed E-state index contributed by atoms with van der Waals surface area (Å²) in [5.74, 6) is 0. The van der Waals surface area contributed by atoms with Gasteiger partial charge in [-0.25, -0.2) is 0 Å². The highest BCUT2D eigenvalue weighted by molar-refractivity contribution is 5.83. The Hall–Kier alpha value is -3.10. The zero-order valence-electron chi connectivity index (χ0n) is 11.7. The van der Waals surface area contributed by atoms with E-state index >= 15 is 0 Å². The van der Waals surface area contributed by atoms with Crippen LogP contribution in [0.2, 0.25) is 0 Å². The molecule has 2 rings (SSSR count). The zero-order chi connectivity index (χ0) is 15.1. The third-order valence-electron chi connectivity index (χ3n) is 3.08. The Balaban J connectivity index is 2.57. The summed E-state index contributed by atoms with van der Waals surface area (Å²) >= 11 is 0. The maximum Gasteiger partial charge on any atom is 0.137 e. The van der Waals surface area contributed by atoms with Gasteiger partial charge in [0.2, 0.25) is 0 Å². The largest absolute Gasteiger partial charge is 0.192 e. The second-order valence-electron chi connectivity index (χ2n) is 4.63. The van der Waals surface area contributed by atoms with Gasteiger partial charge in [0.15, 0.2) is 0 Å². The Labute approximate surface area is 125 Å². The molecule has 0 aliphatic heterocycles.